The fourth-order valence-corrected chi connectivity index (χ4v) is 6.95. The average molecular weight is 492 g/mol. The Morgan fingerprint density at radius 3 is 2.50 bits per heavy atom. The van der Waals surface area contributed by atoms with Gasteiger partial charge in [-0.15, -0.1) is 0 Å². The minimum Gasteiger partial charge on any atom is -0.508 e. The number of phenolic OH excluding ortho intramolecular Hbond substituents is 1. The number of nitrogens with zero attached hydrogens (tertiary/aromatic N) is 3. The van der Waals surface area contributed by atoms with E-state index in [-0.39, 0.29) is 30.2 Å². The number of phenols is 1. The number of urea groups is 1. The van der Waals surface area contributed by atoms with Crippen LogP contribution >= 0.6 is 0 Å². The number of imide groups is 1. The largest absolute Gasteiger partial charge is 0.508 e. The molecule has 2 heterocycles. The van der Waals surface area contributed by atoms with E-state index in [4.69, 9.17) is 0 Å². The monoisotopic (exact) mass is 491 g/mol. The van der Waals surface area contributed by atoms with Gasteiger partial charge in [0.25, 0.3) is 0 Å². The molecule has 3 atom stereocenters. The summed E-state index contributed by atoms with van der Waals surface area (Å²) in [6.07, 6.45) is 2.56. The zero-order valence-corrected chi connectivity index (χ0v) is 21.3. The number of hydrogen-bond acceptors (Lipinski definition) is 5. The van der Waals surface area contributed by atoms with Gasteiger partial charge in [0, 0.05) is 44.1 Å². The summed E-state index contributed by atoms with van der Waals surface area (Å²) in [5.41, 5.74) is 1.12. The molecule has 2 N–H and O–H groups in total. The molecule has 2 saturated heterocycles. The molecule has 2 fully saturated rings. The smallest absolute Gasteiger partial charge is 0.326 e. The highest BCUT2D eigenvalue weighted by atomic mass is 16.3. The molecule has 2 aliphatic heterocycles. The van der Waals surface area contributed by atoms with Crippen LogP contribution in [-0.4, -0.2) is 81.2 Å². The van der Waals surface area contributed by atoms with Crippen LogP contribution in [0.1, 0.15) is 49.8 Å². The van der Waals surface area contributed by atoms with Crippen molar-refractivity contribution in [2.45, 2.75) is 63.0 Å². The number of fused-ring (bicyclic) bond motifs is 1. The summed E-state index contributed by atoms with van der Waals surface area (Å²) >= 11 is 0. The Morgan fingerprint density at radius 1 is 1.00 bits per heavy atom. The normalized spacial score (nSPS) is 28.7. The van der Waals surface area contributed by atoms with Crippen molar-refractivity contribution in [2.24, 2.45) is 0 Å². The second-order valence-corrected chi connectivity index (χ2v) is 10.5. The third-order valence-corrected chi connectivity index (χ3v) is 8.92. The molecule has 0 spiro atoms. The molecular formula is C29H37N3O4. The molecule has 192 valence electrons. The standard InChI is InChI=1S/C29H37N3O4/c1-3-30-17-14-29(36)25-18-22-10-11-23(33)19-24(22)28(29,20-26(34)32(4-2)27(30)35)13-16-31(25)15-12-21-8-6-5-7-9-21/h5-11,19,25,33,36H,3-4,12-18,20H2,1-2H3. The van der Waals surface area contributed by atoms with Crippen molar-refractivity contribution < 1.29 is 19.8 Å². The predicted octanol–water partition coefficient (Wildman–Crippen LogP) is 3.32. The molecule has 2 aromatic carbocycles. The van der Waals surface area contributed by atoms with Gasteiger partial charge >= 0.3 is 6.03 Å². The van der Waals surface area contributed by atoms with E-state index in [0.29, 0.717) is 38.9 Å². The van der Waals surface area contributed by atoms with Crippen LogP contribution in [-0.2, 0) is 23.1 Å². The summed E-state index contributed by atoms with van der Waals surface area (Å²) in [7, 11) is 0. The van der Waals surface area contributed by atoms with Gasteiger partial charge < -0.3 is 15.1 Å². The molecule has 7 nitrogen and oxygen atoms in total. The molecule has 3 unspecified atom stereocenters. The second kappa shape index (κ2) is 9.52. The van der Waals surface area contributed by atoms with Gasteiger partial charge in [0.05, 0.1) is 5.60 Å². The highest BCUT2D eigenvalue weighted by Gasteiger charge is 2.63. The van der Waals surface area contributed by atoms with Crippen LogP contribution in [0.15, 0.2) is 48.5 Å². The number of aliphatic hydroxyl groups is 1. The fraction of sp³-hybridized carbons (Fsp3) is 0.517. The Hall–Kier alpha value is -2.90. The van der Waals surface area contributed by atoms with Crippen molar-refractivity contribution in [3.05, 3.63) is 65.2 Å². The number of carbonyl (C=O) groups excluding carboxylic acids is 2. The fourth-order valence-electron chi connectivity index (χ4n) is 6.95. The van der Waals surface area contributed by atoms with Gasteiger partial charge in [-0.3, -0.25) is 14.6 Å². The molecule has 2 bridgehead atoms. The van der Waals surface area contributed by atoms with Crippen LogP contribution in [0.25, 0.3) is 0 Å². The van der Waals surface area contributed by atoms with Gasteiger partial charge in [-0.05, 0) is 74.9 Å². The molecule has 2 aromatic rings. The molecular weight excluding hydrogens is 454 g/mol. The summed E-state index contributed by atoms with van der Waals surface area (Å²) in [5.74, 6) is -0.115. The number of likely N-dealkylation sites (tertiary alicyclic amines) is 1. The zero-order chi connectivity index (χ0) is 25.5. The lowest BCUT2D eigenvalue weighted by molar-refractivity contribution is -0.161. The van der Waals surface area contributed by atoms with Crippen LogP contribution in [0.2, 0.25) is 0 Å². The zero-order valence-electron chi connectivity index (χ0n) is 21.3. The number of benzene rings is 2. The van der Waals surface area contributed by atoms with Gasteiger partial charge in [0.1, 0.15) is 5.75 Å². The molecule has 5 rings (SSSR count). The first-order chi connectivity index (χ1) is 17.3. The molecule has 0 aromatic heterocycles. The van der Waals surface area contributed by atoms with Crippen molar-refractivity contribution in [1.82, 2.24) is 14.7 Å². The van der Waals surface area contributed by atoms with Crippen LogP contribution in [0.5, 0.6) is 5.75 Å². The number of piperidine rings is 1. The first kappa shape index (κ1) is 24.8. The Morgan fingerprint density at radius 2 is 1.78 bits per heavy atom. The number of amides is 3. The van der Waals surface area contributed by atoms with Gasteiger partial charge in [-0.2, -0.15) is 0 Å². The van der Waals surface area contributed by atoms with Crippen LogP contribution < -0.4 is 0 Å². The van der Waals surface area contributed by atoms with Crippen LogP contribution in [0.4, 0.5) is 4.79 Å². The Bertz CT molecular complexity index is 1140. The minimum absolute atomic E-state index is 0.0557. The Balaban J connectivity index is 1.60. The molecule has 0 radical (unpaired) electrons. The van der Waals surface area contributed by atoms with Gasteiger partial charge in [-0.1, -0.05) is 36.4 Å². The average Bonchev–Trinajstić information content (AvgIpc) is 2.90. The maximum atomic E-state index is 13.7. The van der Waals surface area contributed by atoms with Crippen molar-refractivity contribution in [3.8, 4) is 5.75 Å². The molecule has 3 aliphatic rings. The number of carbonyl (C=O) groups is 2. The quantitative estimate of drug-likeness (QED) is 0.671. The van der Waals surface area contributed by atoms with E-state index in [1.54, 1.807) is 17.0 Å². The summed E-state index contributed by atoms with van der Waals surface area (Å²) in [4.78, 5) is 32.3. The highest BCUT2D eigenvalue weighted by Crippen LogP contribution is 2.56. The van der Waals surface area contributed by atoms with Crippen molar-refractivity contribution >= 4 is 11.9 Å². The lowest BCUT2D eigenvalue weighted by atomic mass is 9.52. The third-order valence-electron chi connectivity index (χ3n) is 8.92. The lowest BCUT2D eigenvalue weighted by Gasteiger charge is -2.62. The summed E-state index contributed by atoms with van der Waals surface area (Å²) < 4.78 is 0. The number of hydrogen-bond donors (Lipinski definition) is 2. The first-order valence-corrected chi connectivity index (χ1v) is 13.2. The van der Waals surface area contributed by atoms with Crippen molar-refractivity contribution in [3.63, 3.8) is 0 Å². The Labute approximate surface area is 213 Å². The second-order valence-electron chi connectivity index (χ2n) is 10.5. The topological polar surface area (TPSA) is 84.3 Å². The Kier molecular flexibility index (Phi) is 6.55. The molecule has 7 heteroatoms. The molecule has 36 heavy (non-hydrogen) atoms. The maximum absolute atomic E-state index is 13.7. The van der Waals surface area contributed by atoms with Crippen molar-refractivity contribution in [1.29, 1.82) is 0 Å². The van der Waals surface area contributed by atoms with E-state index >= 15 is 0 Å². The van der Waals surface area contributed by atoms with Gasteiger partial charge in [0.15, 0.2) is 0 Å². The van der Waals surface area contributed by atoms with E-state index in [2.05, 4.69) is 17.0 Å². The lowest BCUT2D eigenvalue weighted by Crippen LogP contribution is -2.72. The van der Waals surface area contributed by atoms with Crippen molar-refractivity contribution in [2.75, 3.05) is 32.7 Å². The number of rotatable bonds is 5. The minimum atomic E-state index is -1.21. The van der Waals surface area contributed by atoms with E-state index in [1.807, 2.05) is 38.1 Å². The summed E-state index contributed by atoms with van der Waals surface area (Å²) in [6.45, 7) is 6.45. The first-order valence-electron chi connectivity index (χ1n) is 13.2. The summed E-state index contributed by atoms with van der Waals surface area (Å²) in [5, 5.41) is 23.2. The van der Waals surface area contributed by atoms with Gasteiger partial charge in [-0.25, -0.2) is 4.79 Å². The number of aromatic hydroxyl groups is 1. The van der Waals surface area contributed by atoms with Gasteiger partial charge in [0.2, 0.25) is 5.91 Å². The molecule has 0 saturated carbocycles. The summed E-state index contributed by atoms with van der Waals surface area (Å²) in [6, 6.07) is 15.3. The van der Waals surface area contributed by atoms with E-state index in [1.165, 1.54) is 10.5 Å². The highest BCUT2D eigenvalue weighted by molar-refractivity contribution is 5.95. The molecule has 1 aliphatic carbocycles. The van der Waals surface area contributed by atoms with Crippen LogP contribution in [0.3, 0.4) is 0 Å². The van der Waals surface area contributed by atoms with E-state index in [0.717, 1.165) is 30.6 Å². The predicted molar refractivity (Wildman–Crippen MR) is 138 cm³/mol. The van der Waals surface area contributed by atoms with Crippen LogP contribution in [0, 0.1) is 0 Å². The van der Waals surface area contributed by atoms with E-state index in [9.17, 15) is 19.8 Å². The SMILES string of the molecule is CCN1CCC2(O)C3Cc4ccc(O)cc4C2(CCN3CCc2ccccc2)CC(=O)N(CC)C1=O. The third kappa shape index (κ3) is 3.89. The maximum Gasteiger partial charge on any atom is 0.326 e. The van der Waals surface area contributed by atoms with E-state index < -0.39 is 11.0 Å². The molecule has 3 amide bonds.